The molecule has 1 aliphatic heterocycles. The van der Waals surface area contributed by atoms with Gasteiger partial charge in [-0.05, 0) is 36.1 Å². The first-order valence-electron chi connectivity index (χ1n) is 9.03. The van der Waals surface area contributed by atoms with Gasteiger partial charge in [0, 0.05) is 4.88 Å². The molecule has 1 N–H and O–H groups in total. The first kappa shape index (κ1) is 19.4. The molecule has 1 atom stereocenters. The number of hydrogen-bond donors (Lipinski definition) is 1. The number of rotatable bonds is 5. The molecule has 0 aliphatic carbocycles. The van der Waals surface area contributed by atoms with E-state index in [9.17, 15) is 18.3 Å². The molecule has 1 aliphatic rings. The van der Waals surface area contributed by atoms with Gasteiger partial charge in [-0.1, -0.05) is 54.1 Å². The van der Waals surface area contributed by atoms with E-state index in [4.69, 9.17) is 0 Å². The normalized spacial score (nSPS) is 17.2. The third kappa shape index (κ3) is 3.47. The third-order valence-corrected chi connectivity index (χ3v) is 7.65. The van der Waals surface area contributed by atoms with E-state index in [0.717, 1.165) is 10.4 Å². The van der Waals surface area contributed by atoms with Gasteiger partial charge in [0.1, 0.15) is 4.91 Å². The lowest BCUT2D eigenvalue weighted by Crippen LogP contribution is -2.30. The number of aliphatic hydroxyl groups excluding tert-OH is 1. The van der Waals surface area contributed by atoms with Gasteiger partial charge in [0.25, 0.3) is 5.91 Å². The van der Waals surface area contributed by atoms with E-state index in [1.54, 1.807) is 36.4 Å². The molecule has 4 rings (SSSR count). The Labute approximate surface area is 173 Å². The average molecular weight is 426 g/mol. The highest BCUT2D eigenvalue weighted by atomic mass is 32.2. The molecular weight excluding hydrogens is 406 g/mol. The summed E-state index contributed by atoms with van der Waals surface area (Å²) in [4.78, 5) is 15.0. The first-order chi connectivity index (χ1) is 13.9. The smallest absolute Gasteiger partial charge is 0.290 e. The lowest BCUT2D eigenvalue weighted by atomic mass is 10.1. The third-order valence-electron chi connectivity index (χ3n) is 4.90. The topological polar surface area (TPSA) is 74.7 Å². The van der Waals surface area contributed by atoms with E-state index in [2.05, 4.69) is 0 Å². The minimum atomic E-state index is -4.08. The van der Waals surface area contributed by atoms with Crippen molar-refractivity contribution in [1.82, 2.24) is 4.90 Å². The SMILES string of the molecule is Cc1ccc(S(=O)(=O)C2=C(O)C(=O)N(Cc3cccs3)[C@H]2c2ccccc2)cc1. The average Bonchev–Trinajstić information content (AvgIpc) is 3.31. The number of aryl methyl sites for hydroxylation is 1. The predicted molar refractivity (Wildman–Crippen MR) is 112 cm³/mol. The molecule has 0 radical (unpaired) electrons. The molecule has 0 saturated heterocycles. The highest BCUT2D eigenvalue weighted by molar-refractivity contribution is 7.95. The molecular formula is C22H19NO4S2. The minimum Gasteiger partial charge on any atom is -0.502 e. The van der Waals surface area contributed by atoms with Gasteiger partial charge in [0.2, 0.25) is 9.84 Å². The Morgan fingerprint density at radius 3 is 2.31 bits per heavy atom. The quantitative estimate of drug-likeness (QED) is 0.658. The number of amides is 1. The summed E-state index contributed by atoms with van der Waals surface area (Å²) >= 11 is 1.47. The fraction of sp³-hybridized carbons (Fsp3) is 0.136. The van der Waals surface area contributed by atoms with Crippen LogP contribution in [0.4, 0.5) is 0 Å². The number of benzene rings is 2. The van der Waals surface area contributed by atoms with Crippen molar-refractivity contribution in [3.05, 3.63) is 98.8 Å². The number of carbonyl (C=O) groups excluding carboxylic acids is 1. The van der Waals surface area contributed by atoms with Crippen LogP contribution in [0, 0.1) is 6.92 Å². The summed E-state index contributed by atoms with van der Waals surface area (Å²) in [5.41, 5.74) is 1.55. The van der Waals surface area contributed by atoms with Crippen LogP contribution in [0.2, 0.25) is 0 Å². The van der Waals surface area contributed by atoms with Gasteiger partial charge >= 0.3 is 0 Å². The maximum absolute atomic E-state index is 13.4. The second kappa shape index (κ2) is 7.50. The number of sulfone groups is 1. The second-order valence-corrected chi connectivity index (χ2v) is 9.81. The van der Waals surface area contributed by atoms with Crippen LogP contribution < -0.4 is 0 Å². The summed E-state index contributed by atoms with van der Waals surface area (Å²) < 4.78 is 26.9. The Morgan fingerprint density at radius 2 is 1.69 bits per heavy atom. The summed E-state index contributed by atoms with van der Waals surface area (Å²) in [6.45, 7) is 2.08. The van der Waals surface area contributed by atoms with E-state index in [1.165, 1.54) is 28.4 Å². The zero-order valence-electron chi connectivity index (χ0n) is 15.6. The van der Waals surface area contributed by atoms with Gasteiger partial charge < -0.3 is 10.0 Å². The first-order valence-corrected chi connectivity index (χ1v) is 11.4. The van der Waals surface area contributed by atoms with Crippen LogP contribution in [0.3, 0.4) is 0 Å². The monoisotopic (exact) mass is 425 g/mol. The Morgan fingerprint density at radius 1 is 1.00 bits per heavy atom. The lowest BCUT2D eigenvalue weighted by Gasteiger charge is -2.26. The van der Waals surface area contributed by atoms with Crippen molar-refractivity contribution in [3.8, 4) is 0 Å². The summed E-state index contributed by atoms with van der Waals surface area (Å²) in [5.74, 6) is -1.39. The van der Waals surface area contributed by atoms with Crippen molar-refractivity contribution in [3.63, 3.8) is 0 Å². The standard InChI is InChI=1S/C22H19NO4S2/c1-15-9-11-18(12-10-15)29(26,27)21-19(16-6-3-2-4-7-16)23(22(25)20(21)24)14-17-8-5-13-28-17/h2-13,19,24H,14H2,1H3/t19-/m0/s1. The number of hydrogen-bond acceptors (Lipinski definition) is 5. The maximum Gasteiger partial charge on any atom is 0.290 e. The Hall–Kier alpha value is -2.90. The molecule has 0 fully saturated rings. The molecule has 0 spiro atoms. The lowest BCUT2D eigenvalue weighted by molar-refractivity contribution is -0.130. The molecule has 0 unspecified atom stereocenters. The van der Waals surface area contributed by atoms with Crippen molar-refractivity contribution in [2.75, 3.05) is 0 Å². The largest absolute Gasteiger partial charge is 0.502 e. The van der Waals surface area contributed by atoms with Gasteiger partial charge in [-0.15, -0.1) is 11.3 Å². The molecule has 0 saturated carbocycles. The Kier molecular flexibility index (Phi) is 5.02. The van der Waals surface area contributed by atoms with Crippen LogP contribution in [-0.2, 0) is 21.2 Å². The number of nitrogens with zero attached hydrogens (tertiary/aromatic N) is 1. The van der Waals surface area contributed by atoms with Crippen LogP contribution in [-0.4, -0.2) is 24.3 Å². The van der Waals surface area contributed by atoms with Gasteiger partial charge in [-0.25, -0.2) is 8.42 Å². The van der Waals surface area contributed by atoms with Crippen molar-refractivity contribution in [2.24, 2.45) is 0 Å². The van der Waals surface area contributed by atoms with E-state index in [-0.39, 0.29) is 16.3 Å². The molecule has 29 heavy (non-hydrogen) atoms. The molecule has 1 aromatic heterocycles. The molecule has 7 heteroatoms. The van der Waals surface area contributed by atoms with Crippen LogP contribution >= 0.6 is 11.3 Å². The van der Waals surface area contributed by atoms with Gasteiger partial charge in [0.15, 0.2) is 5.76 Å². The zero-order valence-corrected chi connectivity index (χ0v) is 17.3. The molecule has 5 nitrogen and oxygen atoms in total. The van der Waals surface area contributed by atoms with Crippen molar-refractivity contribution < 1.29 is 18.3 Å². The zero-order chi connectivity index (χ0) is 20.6. The Balaban J connectivity index is 1.86. The van der Waals surface area contributed by atoms with Crippen LogP contribution in [0.5, 0.6) is 0 Å². The molecule has 3 aromatic rings. The molecule has 148 valence electrons. The minimum absolute atomic E-state index is 0.0522. The summed E-state index contributed by atoms with van der Waals surface area (Å²) in [5, 5.41) is 12.5. The van der Waals surface area contributed by atoms with Crippen molar-refractivity contribution in [1.29, 1.82) is 0 Å². The fourth-order valence-corrected chi connectivity index (χ4v) is 5.80. The van der Waals surface area contributed by atoms with Crippen LogP contribution in [0.15, 0.2) is 87.7 Å². The molecule has 0 bridgehead atoms. The molecule has 1 amide bonds. The van der Waals surface area contributed by atoms with Crippen LogP contribution in [0.25, 0.3) is 0 Å². The van der Waals surface area contributed by atoms with Crippen molar-refractivity contribution >= 4 is 27.1 Å². The van der Waals surface area contributed by atoms with E-state index in [0.29, 0.717) is 5.56 Å². The number of thiophene rings is 1. The van der Waals surface area contributed by atoms with E-state index >= 15 is 0 Å². The van der Waals surface area contributed by atoms with Crippen molar-refractivity contribution in [2.45, 2.75) is 24.4 Å². The van der Waals surface area contributed by atoms with E-state index < -0.39 is 27.5 Å². The fourth-order valence-electron chi connectivity index (χ4n) is 3.45. The molecule has 2 aromatic carbocycles. The summed E-state index contributed by atoms with van der Waals surface area (Å²) in [7, 11) is -4.08. The Bertz CT molecular complexity index is 1170. The second-order valence-electron chi connectivity index (χ2n) is 6.85. The highest BCUT2D eigenvalue weighted by Gasteiger charge is 2.46. The predicted octanol–water partition coefficient (Wildman–Crippen LogP) is 4.38. The summed E-state index contributed by atoms with van der Waals surface area (Å²) in [6.07, 6.45) is 0. The number of carbonyl (C=O) groups is 1. The van der Waals surface area contributed by atoms with E-state index in [1.807, 2.05) is 30.5 Å². The maximum atomic E-state index is 13.4. The van der Waals surface area contributed by atoms with Gasteiger partial charge in [0.05, 0.1) is 17.5 Å². The number of aliphatic hydroxyl groups is 1. The molecule has 2 heterocycles. The van der Waals surface area contributed by atoms with Crippen LogP contribution in [0.1, 0.15) is 22.0 Å². The highest BCUT2D eigenvalue weighted by Crippen LogP contribution is 2.43. The summed E-state index contributed by atoms with van der Waals surface area (Å²) in [6, 6.07) is 18.2. The van der Waals surface area contributed by atoms with Gasteiger partial charge in [-0.3, -0.25) is 4.79 Å². The van der Waals surface area contributed by atoms with Gasteiger partial charge in [-0.2, -0.15) is 0 Å².